The molecule has 1 aromatic heterocycles. The molecule has 108 valence electrons. The van der Waals surface area contributed by atoms with Crippen molar-refractivity contribution in [2.45, 2.75) is 39.3 Å². The lowest BCUT2D eigenvalue weighted by Gasteiger charge is -2.17. The van der Waals surface area contributed by atoms with Crippen molar-refractivity contribution >= 4 is 0 Å². The Labute approximate surface area is 119 Å². The molecular weight excluding hydrogens is 253 g/mol. The number of hydrogen-bond acceptors (Lipinski definition) is 2. The minimum absolute atomic E-state index is 0.00347. The van der Waals surface area contributed by atoms with E-state index in [2.05, 4.69) is 24.3 Å². The van der Waals surface area contributed by atoms with Gasteiger partial charge in [0.15, 0.2) is 0 Å². The zero-order valence-electron chi connectivity index (χ0n) is 12.1. The number of rotatable bonds is 7. The Hall–Kier alpha value is -1.68. The first-order valence-electron chi connectivity index (χ1n) is 7.25. The summed E-state index contributed by atoms with van der Waals surface area (Å²) in [5.41, 5.74) is 2.02. The lowest BCUT2D eigenvalue weighted by atomic mass is 10.0. The van der Waals surface area contributed by atoms with Crippen LogP contribution in [0, 0.1) is 5.82 Å². The number of benzene rings is 1. The number of aryl methyl sites for hydroxylation is 1. The van der Waals surface area contributed by atoms with E-state index in [4.69, 9.17) is 0 Å². The van der Waals surface area contributed by atoms with Crippen LogP contribution in [0.25, 0.3) is 0 Å². The predicted octanol–water partition coefficient (Wildman–Crippen LogP) is 3.52. The molecule has 4 heteroatoms. The zero-order valence-corrected chi connectivity index (χ0v) is 12.1. The van der Waals surface area contributed by atoms with Crippen LogP contribution in [0.3, 0.4) is 0 Å². The van der Waals surface area contributed by atoms with Gasteiger partial charge < -0.3 is 5.32 Å². The Morgan fingerprint density at radius 2 is 2.10 bits per heavy atom. The van der Waals surface area contributed by atoms with Gasteiger partial charge in [0.05, 0.1) is 12.2 Å². The molecule has 0 aliphatic carbocycles. The van der Waals surface area contributed by atoms with Crippen LogP contribution >= 0.6 is 0 Å². The molecule has 0 amide bonds. The molecule has 0 bridgehead atoms. The largest absolute Gasteiger partial charge is 0.306 e. The Kier molecular flexibility index (Phi) is 5.30. The molecule has 2 aromatic rings. The molecule has 0 spiro atoms. The van der Waals surface area contributed by atoms with E-state index in [1.807, 2.05) is 23.1 Å². The fourth-order valence-electron chi connectivity index (χ4n) is 2.28. The highest BCUT2D eigenvalue weighted by Crippen LogP contribution is 2.22. The molecule has 0 aliphatic heterocycles. The summed E-state index contributed by atoms with van der Waals surface area (Å²) in [7, 11) is 0. The molecule has 3 nitrogen and oxygen atoms in total. The van der Waals surface area contributed by atoms with E-state index in [-0.39, 0.29) is 11.9 Å². The highest BCUT2D eigenvalue weighted by Gasteiger charge is 2.15. The van der Waals surface area contributed by atoms with Crippen molar-refractivity contribution in [1.82, 2.24) is 15.1 Å². The monoisotopic (exact) mass is 275 g/mol. The van der Waals surface area contributed by atoms with E-state index < -0.39 is 0 Å². The molecule has 1 heterocycles. The minimum atomic E-state index is -0.202. The third-order valence-corrected chi connectivity index (χ3v) is 3.22. The second-order valence-electron chi connectivity index (χ2n) is 4.98. The molecule has 2 rings (SSSR count). The van der Waals surface area contributed by atoms with E-state index in [9.17, 15) is 4.39 Å². The van der Waals surface area contributed by atoms with Gasteiger partial charge >= 0.3 is 0 Å². The van der Waals surface area contributed by atoms with Gasteiger partial charge in [-0.2, -0.15) is 5.10 Å². The molecule has 1 aromatic carbocycles. The van der Waals surface area contributed by atoms with Crippen LogP contribution in [0.4, 0.5) is 4.39 Å². The van der Waals surface area contributed by atoms with Crippen molar-refractivity contribution in [3.05, 3.63) is 53.6 Å². The van der Waals surface area contributed by atoms with Gasteiger partial charge in [-0.25, -0.2) is 4.39 Å². The topological polar surface area (TPSA) is 29.9 Å². The fourth-order valence-corrected chi connectivity index (χ4v) is 2.28. The quantitative estimate of drug-likeness (QED) is 0.838. The van der Waals surface area contributed by atoms with Crippen LogP contribution in [0.1, 0.15) is 43.9 Å². The van der Waals surface area contributed by atoms with Gasteiger partial charge in [0.2, 0.25) is 0 Å². The molecule has 0 fully saturated rings. The van der Waals surface area contributed by atoms with E-state index in [0.717, 1.165) is 37.1 Å². The van der Waals surface area contributed by atoms with Crippen LogP contribution < -0.4 is 5.32 Å². The molecule has 1 N–H and O–H groups in total. The highest BCUT2D eigenvalue weighted by molar-refractivity contribution is 5.29. The van der Waals surface area contributed by atoms with Crippen molar-refractivity contribution in [2.24, 2.45) is 0 Å². The van der Waals surface area contributed by atoms with Gasteiger partial charge in [-0.15, -0.1) is 0 Å². The first-order chi connectivity index (χ1) is 9.74. The number of nitrogens with one attached hydrogen (secondary N) is 1. The summed E-state index contributed by atoms with van der Waals surface area (Å²) in [4.78, 5) is 0. The van der Waals surface area contributed by atoms with Gasteiger partial charge in [0, 0.05) is 18.3 Å². The van der Waals surface area contributed by atoms with E-state index in [1.165, 1.54) is 6.07 Å². The van der Waals surface area contributed by atoms with Gasteiger partial charge in [0.25, 0.3) is 0 Å². The number of halogens is 1. The standard InChI is InChI=1S/C16H22FN3/c1-3-8-18-16(13-6-5-7-15(17)10-13)14-11-19-20(12-14)9-4-2/h5-7,10-12,16,18H,3-4,8-9H2,1-2H3. The number of nitrogens with zero attached hydrogens (tertiary/aromatic N) is 2. The minimum Gasteiger partial charge on any atom is -0.306 e. The molecule has 0 saturated heterocycles. The molecule has 0 aliphatic rings. The summed E-state index contributed by atoms with van der Waals surface area (Å²) in [6, 6.07) is 6.76. The van der Waals surface area contributed by atoms with Crippen LogP contribution in [0.5, 0.6) is 0 Å². The Morgan fingerprint density at radius 3 is 2.80 bits per heavy atom. The average Bonchev–Trinajstić information content (AvgIpc) is 2.88. The van der Waals surface area contributed by atoms with Crippen molar-refractivity contribution in [3.8, 4) is 0 Å². The lowest BCUT2D eigenvalue weighted by molar-refractivity contribution is 0.580. The first kappa shape index (κ1) is 14.7. The van der Waals surface area contributed by atoms with E-state index in [0.29, 0.717) is 0 Å². The molecule has 1 unspecified atom stereocenters. The Balaban J connectivity index is 2.26. The summed E-state index contributed by atoms with van der Waals surface area (Å²) in [6.45, 7) is 6.04. The SMILES string of the molecule is CCCNC(c1cccc(F)c1)c1cnn(CCC)c1. The first-order valence-corrected chi connectivity index (χ1v) is 7.25. The van der Waals surface area contributed by atoms with Crippen LogP contribution in [-0.2, 0) is 6.54 Å². The third-order valence-electron chi connectivity index (χ3n) is 3.22. The molecule has 0 radical (unpaired) electrons. The van der Waals surface area contributed by atoms with Crippen LogP contribution in [-0.4, -0.2) is 16.3 Å². The number of aromatic nitrogens is 2. The molecule has 20 heavy (non-hydrogen) atoms. The second kappa shape index (κ2) is 7.20. The number of hydrogen-bond donors (Lipinski definition) is 1. The third kappa shape index (κ3) is 3.67. The van der Waals surface area contributed by atoms with Crippen molar-refractivity contribution in [3.63, 3.8) is 0 Å². The Bertz CT molecular complexity index is 536. The molecule has 1 atom stereocenters. The summed E-state index contributed by atoms with van der Waals surface area (Å²) in [6.07, 6.45) is 6.00. The maximum absolute atomic E-state index is 13.4. The van der Waals surface area contributed by atoms with E-state index >= 15 is 0 Å². The van der Waals surface area contributed by atoms with Crippen LogP contribution in [0.2, 0.25) is 0 Å². The Morgan fingerprint density at radius 1 is 1.25 bits per heavy atom. The smallest absolute Gasteiger partial charge is 0.123 e. The summed E-state index contributed by atoms with van der Waals surface area (Å²) >= 11 is 0. The van der Waals surface area contributed by atoms with E-state index in [1.54, 1.807) is 12.1 Å². The molecule has 0 saturated carbocycles. The van der Waals surface area contributed by atoms with Crippen LogP contribution in [0.15, 0.2) is 36.7 Å². The lowest BCUT2D eigenvalue weighted by Crippen LogP contribution is -2.23. The normalized spacial score (nSPS) is 12.6. The van der Waals surface area contributed by atoms with Gasteiger partial charge in [-0.3, -0.25) is 4.68 Å². The fraction of sp³-hybridized carbons (Fsp3) is 0.438. The zero-order chi connectivity index (χ0) is 14.4. The molecular formula is C16H22FN3. The van der Waals surface area contributed by atoms with Gasteiger partial charge in [-0.1, -0.05) is 26.0 Å². The maximum atomic E-state index is 13.4. The summed E-state index contributed by atoms with van der Waals surface area (Å²) in [5.74, 6) is -0.202. The van der Waals surface area contributed by atoms with Crippen molar-refractivity contribution in [2.75, 3.05) is 6.54 Å². The average molecular weight is 275 g/mol. The predicted molar refractivity (Wildman–Crippen MR) is 79.1 cm³/mol. The summed E-state index contributed by atoms with van der Waals surface area (Å²) < 4.78 is 15.4. The highest BCUT2D eigenvalue weighted by atomic mass is 19.1. The van der Waals surface area contributed by atoms with Crippen molar-refractivity contribution < 1.29 is 4.39 Å². The second-order valence-corrected chi connectivity index (χ2v) is 4.98. The van der Waals surface area contributed by atoms with Gasteiger partial charge in [0.1, 0.15) is 5.82 Å². The van der Waals surface area contributed by atoms with Gasteiger partial charge in [-0.05, 0) is 37.1 Å². The van der Waals surface area contributed by atoms with Crippen molar-refractivity contribution in [1.29, 1.82) is 0 Å². The maximum Gasteiger partial charge on any atom is 0.123 e. The summed E-state index contributed by atoms with van der Waals surface area (Å²) in [5, 5.41) is 7.83.